The molecule has 170 valence electrons. The summed E-state index contributed by atoms with van der Waals surface area (Å²) in [6.45, 7) is 2.18. The molecule has 0 atom stereocenters. The van der Waals surface area contributed by atoms with Crippen molar-refractivity contribution in [1.82, 2.24) is 4.57 Å². The number of hydrogen-bond acceptors (Lipinski definition) is 1. The van der Waals surface area contributed by atoms with E-state index >= 15 is 0 Å². The molecule has 0 fully saturated rings. The molecule has 0 amide bonds. The van der Waals surface area contributed by atoms with Gasteiger partial charge in [-0.1, -0.05) is 72.8 Å². The molecule has 1 aliphatic heterocycles. The Morgan fingerprint density at radius 1 is 0.750 bits per heavy atom. The molecular formula is C33H23N2O+. The third-order valence-electron chi connectivity index (χ3n) is 7.67. The maximum absolute atomic E-state index is 8.95. The van der Waals surface area contributed by atoms with Gasteiger partial charge in [-0.15, -0.1) is 0 Å². The van der Waals surface area contributed by atoms with Crippen molar-refractivity contribution in [3.05, 3.63) is 109 Å². The Morgan fingerprint density at radius 3 is 2.39 bits per heavy atom. The van der Waals surface area contributed by atoms with Gasteiger partial charge in [0.25, 0.3) is 5.69 Å². The monoisotopic (exact) mass is 464 g/mol. The van der Waals surface area contributed by atoms with E-state index in [1.807, 2.05) is 12.1 Å². The summed E-state index contributed by atoms with van der Waals surface area (Å²) in [6, 6.07) is 34.0. The highest BCUT2D eigenvalue weighted by molar-refractivity contribution is 6.12. The van der Waals surface area contributed by atoms with Gasteiger partial charge in [0.15, 0.2) is 0 Å². The molecule has 0 unspecified atom stereocenters. The molecule has 7 aromatic rings. The van der Waals surface area contributed by atoms with E-state index in [9.17, 15) is 0 Å². The van der Waals surface area contributed by atoms with Gasteiger partial charge in [0, 0.05) is 22.2 Å². The molecule has 0 saturated carbocycles. The van der Waals surface area contributed by atoms with Crippen LogP contribution in [0.25, 0.3) is 60.4 Å². The molecule has 0 saturated heterocycles. The Bertz CT molecular complexity index is 2100. The molecule has 0 radical (unpaired) electrons. The number of aryl methyl sites for hydroxylation is 2. The zero-order valence-corrected chi connectivity index (χ0v) is 20.0. The van der Waals surface area contributed by atoms with E-state index in [2.05, 4.69) is 108 Å². The van der Waals surface area contributed by atoms with Crippen LogP contribution in [-0.4, -0.2) is 4.57 Å². The predicted molar refractivity (Wildman–Crippen MR) is 147 cm³/mol. The number of rotatable bonds is 1. The van der Waals surface area contributed by atoms with Gasteiger partial charge in [-0.25, -0.2) is 0 Å². The molecule has 0 bridgehead atoms. The molecule has 0 N–H and O–H groups in total. The fraction of sp³-hybridized carbons (Fsp3) is 0.0606. The average molecular weight is 465 g/mol. The van der Waals surface area contributed by atoms with Crippen LogP contribution in [0.1, 0.15) is 6.93 Å². The van der Waals surface area contributed by atoms with Crippen LogP contribution in [-0.2, 0) is 7.05 Å². The zero-order chi connectivity index (χ0) is 24.8. The van der Waals surface area contributed by atoms with Crippen molar-refractivity contribution in [1.29, 1.82) is 0 Å². The largest absolute Gasteiger partial charge is 0.447 e. The van der Waals surface area contributed by atoms with Crippen molar-refractivity contribution < 1.29 is 10.7 Å². The third-order valence-corrected chi connectivity index (χ3v) is 7.67. The molecule has 3 heterocycles. The Kier molecular flexibility index (Phi) is 3.61. The first kappa shape index (κ1) is 18.7. The Balaban J connectivity index is 1.66. The number of para-hydroxylation sites is 3. The van der Waals surface area contributed by atoms with Crippen LogP contribution in [0.4, 0.5) is 0 Å². The lowest BCUT2D eigenvalue weighted by molar-refractivity contribution is -0.633. The molecular weight excluding hydrogens is 440 g/mol. The maximum Gasteiger partial charge on any atom is 0.259 e. The third kappa shape index (κ3) is 2.39. The standard InChI is InChI=1S/C33H23N2O/c1-20-18-19-21-10-9-17-28-30(21)29(20)32-33(36-28)31(24-13-5-6-14-25(24)34(32)2)35-26-15-7-3-11-22(26)23-12-4-8-16-27(23)35/h3-19H,1-2H3/q+1/i15D. The van der Waals surface area contributed by atoms with E-state index in [0.717, 1.165) is 61.0 Å². The second-order valence-electron chi connectivity index (χ2n) is 9.60. The first-order valence-electron chi connectivity index (χ1n) is 12.8. The summed E-state index contributed by atoms with van der Waals surface area (Å²) < 4.78 is 20.3. The van der Waals surface area contributed by atoms with E-state index in [1.54, 1.807) is 0 Å². The van der Waals surface area contributed by atoms with Crippen molar-refractivity contribution in [3.8, 4) is 28.4 Å². The van der Waals surface area contributed by atoms with Crippen molar-refractivity contribution in [2.75, 3.05) is 0 Å². The molecule has 3 heteroatoms. The van der Waals surface area contributed by atoms with E-state index < -0.39 is 0 Å². The fourth-order valence-electron chi connectivity index (χ4n) is 6.10. The van der Waals surface area contributed by atoms with Crippen LogP contribution in [0.3, 0.4) is 0 Å². The number of fused-ring (bicyclic) bond motifs is 6. The van der Waals surface area contributed by atoms with Gasteiger partial charge in [-0.3, -0.25) is 0 Å². The van der Waals surface area contributed by atoms with Crippen LogP contribution in [0, 0.1) is 6.92 Å². The average Bonchev–Trinajstić information content (AvgIpc) is 3.26. The summed E-state index contributed by atoms with van der Waals surface area (Å²) in [7, 11) is 2.13. The summed E-state index contributed by atoms with van der Waals surface area (Å²) >= 11 is 0. The minimum absolute atomic E-state index is 0.495. The lowest BCUT2D eigenvalue weighted by Gasteiger charge is -2.24. The summed E-state index contributed by atoms with van der Waals surface area (Å²) in [5, 5.41) is 5.61. The highest BCUT2D eigenvalue weighted by Gasteiger charge is 2.35. The van der Waals surface area contributed by atoms with Gasteiger partial charge >= 0.3 is 0 Å². The molecule has 2 aromatic heterocycles. The number of nitrogens with zero attached hydrogens (tertiary/aromatic N) is 2. The first-order chi connectivity index (χ1) is 18.1. The van der Waals surface area contributed by atoms with E-state index in [0.29, 0.717) is 6.04 Å². The van der Waals surface area contributed by atoms with Crippen molar-refractivity contribution in [2.24, 2.45) is 7.05 Å². The molecule has 5 aromatic carbocycles. The van der Waals surface area contributed by atoms with Gasteiger partial charge in [-0.2, -0.15) is 4.57 Å². The zero-order valence-electron chi connectivity index (χ0n) is 21.0. The van der Waals surface area contributed by atoms with Crippen LogP contribution >= 0.6 is 0 Å². The quantitative estimate of drug-likeness (QED) is 0.225. The predicted octanol–water partition coefficient (Wildman–Crippen LogP) is 8.00. The number of aromatic nitrogens is 2. The Hall–Kier alpha value is -4.63. The molecule has 0 aliphatic carbocycles. The number of benzene rings is 5. The van der Waals surface area contributed by atoms with Gasteiger partial charge in [0.2, 0.25) is 11.3 Å². The topological polar surface area (TPSA) is 18.0 Å². The molecule has 8 rings (SSSR count). The SMILES string of the molecule is [2H]c1cccc2c3ccccc3n(-c3c4c([n+](C)c5ccccc35)-c3c(C)ccc5cccc(c35)O4)c12. The summed E-state index contributed by atoms with van der Waals surface area (Å²) in [5.41, 5.74) is 7.52. The lowest BCUT2D eigenvalue weighted by Crippen LogP contribution is -2.34. The van der Waals surface area contributed by atoms with Crippen molar-refractivity contribution in [2.45, 2.75) is 6.92 Å². The summed E-state index contributed by atoms with van der Waals surface area (Å²) in [5.74, 6) is 1.69. The smallest absolute Gasteiger partial charge is 0.259 e. The van der Waals surface area contributed by atoms with E-state index in [1.165, 1.54) is 16.5 Å². The number of hydrogen-bond donors (Lipinski definition) is 0. The number of ether oxygens (including phenoxy) is 1. The van der Waals surface area contributed by atoms with Crippen LogP contribution in [0.5, 0.6) is 11.5 Å². The van der Waals surface area contributed by atoms with Crippen LogP contribution in [0.15, 0.2) is 103 Å². The molecule has 0 spiro atoms. The second kappa shape index (κ2) is 6.96. The van der Waals surface area contributed by atoms with Gasteiger partial charge < -0.3 is 9.30 Å². The molecule has 1 aliphatic rings. The molecule has 36 heavy (non-hydrogen) atoms. The first-order valence-corrected chi connectivity index (χ1v) is 12.3. The Labute approximate surface area is 209 Å². The van der Waals surface area contributed by atoms with Crippen LogP contribution in [0.2, 0.25) is 0 Å². The molecule has 3 nitrogen and oxygen atoms in total. The van der Waals surface area contributed by atoms with E-state index in [-0.39, 0.29) is 0 Å². The lowest BCUT2D eigenvalue weighted by atomic mass is 9.92. The maximum atomic E-state index is 8.95. The fourth-order valence-corrected chi connectivity index (χ4v) is 6.10. The number of pyridine rings is 1. The second-order valence-corrected chi connectivity index (χ2v) is 9.60. The van der Waals surface area contributed by atoms with Crippen LogP contribution < -0.4 is 9.30 Å². The van der Waals surface area contributed by atoms with Gasteiger partial charge in [-0.05, 0) is 42.1 Å². The highest BCUT2D eigenvalue weighted by atomic mass is 16.5. The summed E-state index contributed by atoms with van der Waals surface area (Å²) in [6.07, 6.45) is 0. The minimum Gasteiger partial charge on any atom is -0.447 e. The Morgan fingerprint density at radius 2 is 1.50 bits per heavy atom. The summed E-state index contributed by atoms with van der Waals surface area (Å²) in [4.78, 5) is 0. The highest BCUT2D eigenvalue weighted by Crippen LogP contribution is 2.51. The minimum atomic E-state index is 0.495. The van der Waals surface area contributed by atoms with Gasteiger partial charge in [0.05, 0.1) is 23.4 Å². The van der Waals surface area contributed by atoms with Crippen molar-refractivity contribution in [3.63, 3.8) is 0 Å². The van der Waals surface area contributed by atoms with E-state index in [4.69, 9.17) is 6.11 Å². The van der Waals surface area contributed by atoms with Gasteiger partial charge in [0.1, 0.15) is 18.5 Å². The van der Waals surface area contributed by atoms with Crippen molar-refractivity contribution >= 4 is 43.5 Å². The normalized spacial score (nSPS) is 12.8.